The highest BCUT2D eigenvalue weighted by molar-refractivity contribution is 5.94. The van der Waals surface area contributed by atoms with Gasteiger partial charge in [-0.3, -0.25) is 18.8 Å². The molecule has 2 heterocycles. The molecule has 1 aromatic carbocycles. The van der Waals surface area contributed by atoms with Crippen LogP contribution in [0.4, 0.5) is 14.9 Å². The van der Waals surface area contributed by atoms with Crippen molar-refractivity contribution in [2.24, 2.45) is 0 Å². The molecule has 0 spiro atoms. The first-order chi connectivity index (χ1) is 11.0. The Morgan fingerprint density at radius 1 is 1.22 bits per heavy atom. The summed E-state index contributed by atoms with van der Waals surface area (Å²) < 4.78 is 16.6. The average molecular weight is 318 g/mol. The number of carbonyl (C=O) groups excluding carboxylic acids is 1. The van der Waals surface area contributed by atoms with E-state index in [0.29, 0.717) is 13.1 Å². The molecule has 120 valence electrons. The monoisotopic (exact) mass is 318 g/mol. The highest BCUT2D eigenvalue weighted by atomic mass is 19.1. The van der Waals surface area contributed by atoms with Crippen molar-refractivity contribution in [2.45, 2.75) is 13.5 Å². The maximum absolute atomic E-state index is 14.3. The molecular weight excluding hydrogens is 303 g/mol. The van der Waals surface area contributed by atoms with Gasteiger partial charge in [0.15, 0.2) is 0 Å². The summed E-state index contributed by atoms with van der Waals surface area (Å²) >= 11 is 0. The van der Waals surface area contributed by atoms with E-state index in [2.05, 4.69) is 5.32 Å². The molecule has 0 aliphatic carbocycles. The van der Waals surface area contributed by atoms with Crippen molar-refractivity contribution >= 4 is 11.7 Å². The van der Waals surface area contributed by atoms with E-state index in [4.69, 9.17) is 0 Å². The highest BCUT2D eigenvalue weighted by Gasteiger charge is 2.24. The molecule has 0 unspecified atom stereocenters. The van der Waals surface area contributed by atoms with Crippen molar-refractivity contribution in [2.75, 3.05) is 18.0 Å². The van der Waals surface area contributed by atoms with E-state index >= 15 is 0 Å². The first-order valence-electron chi connectivity index (χ1n) is 7.20. The molecule has 7 nitrogen and oxygen atoms in total. The number of halogens is 1. The highest BCUT2D eigenvalue weighted by Crippen LogP contribution is 2.23. The number of carbonyl (C=O) groups is 1. The van der Waals surface area contributed by atoms with E-state index in [0.717, 1.165) is 4.57 Å². The lowest BCUT2D eigenvalue weighted by atomic mass is 10.2. The van der Waals surface area contributed by atoms with E-state index in [1.807, 2.05) is 0 Å². The van der Waals surface area contributed by atoms with Crippen LogP contribution >= 0.6 is 0 Å². The number of nitrogens with zero attached hydrogens (tertiary/aromatic N) is 3. The van der Waals surface area contributed by atoms with Crippen LogP contribution < -0.4 is 21.5 Å². The van der Waals surface area contributed by atoms with E-state index in [1.54, 1.807) is 6.92 Å². The van der Waals surface area contributed by atoms with Crippen LogP contribution in [0, 0.1) is 5.82 Å². The van der Waals surface area contributed by atoms with Crippen molar-refractivity contribution in [3.8, 4) is 5.69 Å². The molecule has 1 aromatic heterocycles. The third-order valence-corrected chi connectivity index (χ3v) is 3.74. The van der Waals surface area contributed by atoms with Crippen molar-refractivity contribution < 1.29 is 9.18 Å². The largest absolute Gasteiger partial charge is 0.336 e. The van der Waals surface area contributed by atoms with Crippen LogP contribution in [0.3, 0.4) is 0 Å². The predicted octanol–water partition coefficient (Wildman–Crippen LogP) is 0.688. The number of nitrogens with one attached hydrogen (secondary N) is 1. The molecular formula is C15H15FN4O3. The summed E-state index contributed by atoms with van der Waals surface area (Å²) in [5.74, 6) is -0.610. The minimum atomic E-state index is -0.610. The van der Waals surface area contributed by atoms with Gasteiger partial charge in [-0.2, -0.15) is 0 Å². The van der Waals surface area contributed by atoms with Gasteiger partial charge in [0.25, 0.3) is 5.56 Å². The van der Waals surface area contributed by atoms with Crippen LogP contribution in [-0.4, -0.2) is 28.3 Å². The molecule has 1 N–H and O–H groups in total. The maximum Gasteiger partial charge on any atom is 0.335 e. The Hall–Kier alpha value is -2.90. The summed E-state index contributed by atoms with van der Waals surface area (Å²) in [7, 11) is 0. The van der Waals surface area contributed by atoms with E-state index in [9.17, 15) is 18.8 Å². The third-order valence-electron chi connectivity index (χ3n) is 3.74. The number of amides is 2. The fraction of sp³-hybridized carbons (Fsp3) is 0.267. The zero-order valence-corrected chi connectivity index (χ0v) is 12.5. The van der Waals surface area contributed by atoms with Gasteiger partial charge in [-0.1, -0.05) is 0 Å². The fourth-order valence-electron chi connectivity index (χ4n) is 2.57. The smallest absolute Gasteiger partial charge is 0.335 e. The minimum absolute atomic E-state index is 0.153. The maximum atomic E-state index is 14.3. The number of anilines is 1. The molecule has 23 heavy (non-hydrogen) atoms. The molecule has 2 aromatic rings. The molecule has 0 atom stereocenters. The lowest BCUT2D eigenvalue weighted by Gasteiger charge is -2.16. The zero-order chi connectivity index (χ0) is 16.6. The first-order valence-corrected chi connectivity index (χ1v) is 7.20. The lowest BCUT2D eigenvalue weighted by Crippen LogP contribution is -2.37. The number of benzene rings is 1. The van der Waals surface area contributed by atoms with Crippen molar-refractivity contribution in [1.82, 2.24) is 14.5 Å². The molecule has 3 rings (SSSR count). The van der Waals surface area contributed by atoms with Crippen molar-refractivity contribution in [3.05, 3.63) is 57.1 Å². The quantitative estimate of drug-likeness (QED) is 0.904. The summed E-state index contributed by atoms with van der Waals surface area (Å²) in [6.45, 7) is 2.76. The molecule has 8 heteroatoms. The summed E-state index contributed by atoms with van der Waals surface area (Å²) in [4.78, 5) is 36.8. The second kappa shape index (κ2) is 5.71. The van der Waals surface area contributed by atoms with Crippen LogP contribution in [0.25, 0.3) is 5.69 Å². The summed E-state index contributed by atoms with van der Waals surface area (Å²) in [6, 6.07) is 5.06. The van der Waals surface area contributed by atoms with Crippen LogP contribution in [0.5, 0.6) is 0 Å². The summed E-state index contributed by atoms with van der Waals surface area (Å²) in [5, 5.41) is 2.60. The normalized spacial score (nSPS) is 14.2. The van der Waals surface area contributed by atoms with Gasteiger partial charge < -0.3 is 5.32 Å². The summed E-state index contributed by atoms with van der Waals surface area (Å²) in [6.07, 6.45) is 1.31. The SMILES string of the molecule is CCn1c(=O)ccn(-c2ccc(N3CCNC3=O)c(F)c2)c1=O. The second-order valence-electron chi connectivity index (χ2n) is 5.07. The fourth-order valence-corrected chi connectivity index (χ4v) is 2.57. The number of hydrogen-bond donors (Lipinski definition) is 1. The number of rotatable bonds is 3. The van der Waals surface area contributed by atoms with Crippen molar-refractivity contribution in [3.63, 3.8) is 0 Å². The van der Waals surface area contributed by atoms with Gasteiger partial charge in [0.1, 0.15) is 5.82 Å². The molecule has 0 radical (unpaired) electrons. The second-order valence-corrected chi connectivity index (χ2v) is 5.07. The van der Waals surface area contributed by atoms with Gasteiger partial charge in [-0.25, -0.2) is 14.0 Å². The van der Waals surface area contributed by atoms with Gasteiger partial charge in [-0.05, 0) is 19.1 Å². The lowest BCUT2D eigenvalue weighted by molar-refractivity contribution is 0.252. The first kappa shape index (κ1) is 15.0. The topological polar surface area (TPSA) is 76.3 Å². The Morgan fingerprint density at radius 2 is 2.00 bits per heavy atom. The van der Waals surface area contributed by atoms with E-state index in [-0.39, 0.29) is 24.0 Å². The molecule has 0 bridgehead atoms. The van der Waals surface area contributed by atoms with Crippen LogP contribution in [-0.2, 0) is 6.54 Å². The van der Waals surface area contributed by atoms with Crippen LogP contribution in [0.2, 0.25) is 0 Å². The van der Waals surface area contributed by atoms with E-state index < -0.39 is 17.1 Å². The molecule has 1 saturated heterocycles. The van der Waals surface area contributed by atoms with Crippen LogP contribution in [0.15, 0.2) is 40.1 Å². The van der Waals surface area contributed by atoms with Gasteiger partial charge >= 0.3 is 11.7 Å². The van der Waals surface area contributed by atoms with Crippen molar-refractivity contribution in [1.29, 1.82) is 0 Å². The van der Waals surface area contributed by atoms with Crippen LogP contribution in [0.1, 0.15) is 6.92 Å². The average Bonchev–Trinajstić information content (AvgIpc) is 2.94. The Bertz CT molecular complexity index is 887. The molecule has 1 aliphatic rings. The van der Waals surface area contributed by atoms with Gasteiger partial charge in [0, 0.05) is 38.0 Å². The Balaban J connectivity index is 2.06. The molecule has 1 fully saturated rings. The third kappa shape index (κ3) is 2.52. The standard InChI is InChI=1S/C15H15FN4O3/c1-2-18-13(21)5-7-19(15(18)23)10-3-4-12(11(16)9-10)20-8-6-17-14(20)22/h3-5,7,9H,2,6,8H2,1H3,(H,17,22). The zero-order valence-electron chi connectivity index (χ0n) is 12.5. The van der Waals surface area contributed by atoms with Gasteiger partial charge in [-0.15, -0.1) is 0 Å². The summed E-state index contributed by atoms with van der Waals surface area (Å²) in [5.41, 5.74) is -0.496. The molecule has 2 amide bonds. The Kier molecular flexibility index (Phi) is 3.73. The minimum Gasteiger partial charge on any atom is -0.336 e. The number of aromatic nitrogens is 2. The van der Waals surface area contributed by atoms with E-state index in [1.165, 1.54) is 39.9 Å². The molecule has 1 aliphatic heterocycles. The van der Waals surface area contributed by atoms with Gasteiger partial charge in [0.05, 0.1) is 11.4 Å². The number of hydrogen-bond acceptors (Lipinski definition) is 3. The Morgan fingerprint density at radius 3 is 2.61 bits per heavy atom. The Labute approximate surface area is 130 Å². The molecule has 0 saturated carbocycles. The number of urea groups is 1. The van der Waals surface area contributed by atoms with Gasteiger partial charge in [0.2, 0.25) is 0 Å². The predicted molar refractivity (Wildman–Crippen MR) is 82.7 cm³/mol.